The molecule has 0 unspecified atom stereocenters. The highest BCUT2D eigenvalue weighted by molar-refractivity contribution is 7.99. The van der Waals surface area contributed by atoms with E-state index in [1.807, 2.05) is 23.9 Å². The van der Waals surface area contributed by atoms with Gasteiger partial charge in [0.05, 0.1) is 0 Å². The fraction of sp³-hybridized carbons (Fsp3) is 0.208. The topological polar surface area (TPSA) is 34.0 Å². The Hall–Kier alpha value is -2.72. The summed E-state index contributed by atoms with van der Waals surface area (Å²) in [6.07, 6.45) is 0. The molecule has 1 amide bonds. The number of amides is 1. The van der Waals surface area contributed by atoms with Crippen molar-refractivity contribution < 1.29 is 4.79 Å². The molecule has 0 saturated carbocycles. The minimum absolute atomic E-state index is 0.0396. The standard InChI is InChI=1S/C24H24N2OS/c1-3-26-22-8-6-5-7-20(22)21-15-18(11-14-23(21)26)24(27)25-16-17-9-12-19(13-10-17)28-4-2/h5-15H,3-4,16H2,1-2H3,(H,25,27). The summed E-state index contributed by atoms with van der Waals surface area (Å²) in [6.45, 7) is 5.73. The molecule has 0 bridgehead atoms. The zero-order valence-corrected chi connectivity index (χ0v) is 17.1. The van der Waals surface area contributed by atoms with Crippen molar-refractivity contribution in [3.8, 4) is 0 Å². The Bertz CT molecular complexity index is 1130. The first-order valence-corrected chi connectivity index (χ1v) is 10.7. The smallest absolute Gasteiger partial charge is 0.251 e. The number of thioether (sulfide) groups is 1. The van der Waals surface area contributed by atoms with E-state index in [4.69, 9.17) is 0 Å². The summed E-state index contributed by atoms with van der Waals surface area (Å²) in [5.74, 6) is 1.02. The second-order valence-corrected chi connectivity index (χ2v) is 8.09. The molecule has 0 aliphatic rings. The predicted molar refractivity (Wildman–Crippen MR) is 119 cm³/mol. The Kier molecular flexibility index (Phi) is 5.40. The summed E-state index contributed by atoms with van der Waals surface area (Å²) in [4.78, 5) is 14.0. The van der Waals surface area contributed by atoms with E-state index in [0.717, 1.165) is 23.2 Å². The minimum atomic E-state index is -0.0396. The van der Waals surface area contributed by atoms with Crippen molar-refractivity contribution in [2.24, 2.45) is 0 Å². The molecule has 0 saturated heterocycles. The van der Waals surface area contributed by atoms with Gasteiger partial charge < -0.3 is 9.88 Å². The Morgan fingerprint density at radius 3 is 2.43 bits per heavy atom. The van der Waals surface area contributed by atoms with E-state index < -0.39 is 0 Å². The second-order valence-electron chi connectivity index (χ2n) is 6.75. The van der Waals surface area contributed by atoms with Gasteiger partial charge in [-0.1, -0.05) is 37.3 Å². The number of aromatic nitrogens is 1. The van der Waals surface area contributed by atoms with Crippen LogP contribution in [0.2, 0.25) is 0 Å². The van der Waals surface area contributed by atoms with Crippen molar-refractivity contribution in [1.82, 2.24) is 9.88 Å². The van der Waals surface area contributed by atoms with Crippen molar-refractivity contribution in [2.75, 3.05) is 5.75 Å². The van der Waals surface area contributed by atoms with Gasteiger partial charge >= 0.3 is 0 Å². The average molecular weight is 389 g/mol. The number of rotatable bonds is 6. The van der Waals surface area contributed by atoms with Gasteiger partial charge in [0.15, 0.2) is 0 Å². The highest BCUT2D eigenvalue weighted by Crippen LogP contribution is 2.29. The zero-order valence-electron chi connectivity index (χ0n) is 16.2. The van der Waals surface area contributed by atoms with Gasteiger partial charge in [-0.2, -0.15) is 0 Å². The lowest BCUT2D eigenvalue weighted by atomic mass is 10.1. The fourth-order valence-electron chi connectivity index (χ4n) is 3.69. The van der Waals surface area contributed by atoms with Gasteiger partial charge in [0.25, 0.3) is 5.91 Å². The van der Waals surface area contributed by atoms with E-state index in [1.54, 1.807) is 0 Å². The molecule has 0 spiro atoms. The number of para-hydroxylation sites is 1. The average Bonchev–Trinajstić information content (AvgIpc) is 3.06. The molecule has 0 aliphatic carbocycles. The van der Waals surface area contributed by atoms with E-state index in [1.165, 1.54) is 21.3 Å². The molecule has 3 aromatic carbocycles. The lowest BCUT2D eigenvalue weighted by molar-refractivity contribution is 0.0951. The Labute approximate surface area is 169 Å². The largest absolute Gasteiger partial charge is 0.348 e. The van der Waals surface area contributed by atoms with Gasteiger partial charge in [0, 0.05) is 45.4 Å². The molecule has 0 radical (unpaired) electrons. The second kappa shape index (κ2) is 8.11. The predicted octanol–water partition coefficient (Wildman–Crippen LogP) is 5.86. The summed E-state index contributed by atoms with van der Waals surface area (Å²) < 4.78 is 2.29. The fourth-order valence-corrected chi connectivity index (χ4v) is 4.35. The maximum Gasteiger partial charge on any atom is 0.251 e. The summed E-state index contributed by atoms with van der Waals surface area (Å²) in [7, 11) is 0. The SMILES string of the molecule is CCSc1ccc(CNC(=O)c2ccc3c(c2)c2ccccc2n3CC)cc1. The molecule has 1 aromatic heterocycles. The van der Waals surface area contributed by atoms with E-state index in [9.17, 15) is 4.79 Å². The normalized spacial score (nSPS) is 11.2. The van der Waals surface area contributed by atoms with Crippen molar-refractivity contribution >= 4 is 39.5 Å². The van der Waals surface area contributed by atoms with E-state index >= 15 is 0 Å². The minimum Gasteiger partial charge on any atom is -0.348 e. The Morgan fingerprint density at radius 1 is 0.929 bits per heavy atom. The van der Waals surface area contributed by atoms with E-state index in [-0.39, 0.29) is 5.91 Å². The molecule has 1 N–H and O–H groups in total. The molecule has 0 fully saturated rings. The van der Waals surface area contributed by atoms with Crippen LogP contribution in [0.5, 0.6) is 0 Å². The highest BCUT2D eigenvalue weighted by atomic mass is 32.2. The van der Waals surface area contributed by atoms with Crippen LogP contribution in [0.25, 0.3) is 21.8 Å². The summed E-state index contributed by atoms with van der Waals surface area (Å²) in [6, 6.07) is 22.8. The van der Waals surface area contributed by atoms with Crippen LogP contribution in [-0.2, 0) is 13.1 Å². The van der Waals surface area contributed by atoms with Gasteiger partial charge in [0.1, 0.15) is 0 Å². The van der Waals surface area contributed by atoms with Crippen LogP contribution in [0.3, 0.4) is 0 Å². The maximum absolute atomic E-state index is 12.7. The molecule has 4 rings (SSSR count). The lowest BCUT2D eigenvalue weighted by Crippen LogP contribution is -2.22. The third-order valence-electron chi connectivity index (χ3n) is 5.04. The number of nitrogens with zero attached hydrogens (tertiary/aromatic N) is 1. The van der Waals surface area contributed by atoms with Crippen molar-refractivity contribution in [2.45, 2.75) is 31.8 Å². The number of hydrogen-bond acceptors (Lipinski definition) is 2. The third-order valence-corrected chi connectivity index (χ3v) is 5.93. The molecule has 28 heavy (non-hydrogen) atoms. The first-order valence-electron chi connectivity index (χ1n) is 9.72. The molecular formula is C24H24N2OS. The van der Waals surface area contributed by atoms with Crippen molar-refractivity contribution in [3.05, 3.63) is 77.9 Å². The highest BCUT2D eigenvalue weighted by Gasteiger charge is 2.12. The number of hydrogen-bond donors (Lipinski definition) is 1. The number of carbonyl (C=O) groups excluding carboxylic acids is 1. The molecule has 142 valence electrons. The van der Waals surface area contributed by atoms with Gasteiger partial charge in [-0.15, -0.1) is 11.8 Å². The third kappa shape index (κ3) is 3.52. The summed E-state index contributed by atoms with van der Waals surface area (Å²) in [5, 5.41) is 5.37. The number of benzene rings is 3. The number of nitrogens with one attached hydrogen (secondary N) is 1. The summed E-state index contributed by atoms with van der Waals surface area (Å²) in [5.41, 5.74) is 4.19. The van der Waals surface area contributed by atoms with Crippen LogP contribution in [0.4, 0.5) is 0 Å². The first-order chi connectivity index (χ1) is 13.7. The van der Waals surface area contributed by atoms with Crippen molar-refractivity contribution in [1.29, 1.82) is 0 Å². The van der Waals surface area contributed by atoms with Crippen LogP contribution in [0.1, 0.15) is 29.8 Å². The Morgan fingerprint density at radius 2 is 1.68 bits per heavy atom. The van der Waals surface area contributed by atoms with Gasteiger partial charge in [-0.25, -0.2) is 0 Å². The van der Waals surface area contributed by atoms with Crippen LogP contribution in [0, 0.1) is 0 Å². The maximum atomic E-state index is 12.7. The van der Waals surface area contributed by atoms with Gasteiger partial charge in [-0.3, -0.25) is 4.79 Å². The zero-order chi connectivity index (χ0) is 19.5. The monoisotopic (exact) mass is 388 g/mol. The molecule has 1 heterocycles. The number of aryl methyl sites for hydroxylation is 1. The van der Waals surface area contributed by atoms with Crippen molar-refractivity contribution in [3.63, 3.8) is 0 Å². The van der Waals surface area contributed by atoms with E-state index in [0.29, 0.717) is 12.1 Å². The van der Waals surface area contributed by atoms with Crippen LogP contribution in [0.15, 0.2) is 71.6 Å². The van der Waals surface area contributed by atoms with Crippen LogP contribution >= 0.6 is 11.8 Å². The lowest BCUT2D eigenvalue weighted by Gasteiger charge is -2.07. The van der Waals surface area contributed by atoms with Gasteiger partial charge in [-0.05, 0) is 54.6 Å². The molecule has 4 aromatic rings. The quantitative estimate of drug-likeness (QED) is 0.420. The molecule has 0 atom stereocenters. The first kappa shape index (κ1) is 18.6. The van der Waals surface area contributed by atoms with Gasteiger partial charge in [0.2, 0.25) is 0 Å². The molecule has 4 heteroatoms. The number of fused-ring (bicyclic) bond motifs is 3. The molecule has 3 nitrogen and oxygen atoms in total. The Balaban J connectivity index is 1.56. The van der Waals surface area contributed by atoms with Crippen LogP contribution in [-0.4, -0.2) is 16.2 Å². The molecule has 0 aliphatic heterocycles. The van der Waals surface area contributed by atoms with E-state index in [2.05, 4.69) is 78.3 Å². The van der Waals surface area contributed by atoms with Crippen LogP contribution < -0.4 is 5.32 Å². The molecular weight excluding hydrogens is 364 g/mol. The number of carbonyl (C=O) groups is 1. The summed E-state index contributed by atoms with van der Waals surface area (Å²) >= 11 is 1.82.